The lowest BCUT2D eigenvalue weighted by Gasteiger charge is -2.21. The van der Waals surface area contributed by atoms with E-state index in [2.05, 4.69) is 4.98 Å². The number of hydrogen-bond donors (Lipinski definition) is 2. The molecule has 2 N–H and O–H groups in total. The maximum Gasteiger partial charge on any atom is 0.267 e. The van der Waals surface area contributed by atoms with Gasteiger partial charge in [-0.1, -0.05) is 42.6 Å². The molecule has 0 spiro atoms. The van der Waals surface area contributed by atoms with Gasteiger partial charge in [0.1, 0.15) is 5.82 Å². The highest BCUT2D eigenvalue weighted by molar-refractivity contribution is 7.77. The average Bonchev–Trinajstić information content (AvgIpc) is 3.02. The molecule has 1 amide bonds. The molecule has 0 saturated heterocycles. The topological polar surface area (TPSA) is 95.7 Å². The molecule has 0 aliphatic carbocycles. The summed E-state index contributed by atoms with van der Waals surface area (Å²) < 4.78 is 24.0. The minimum Gasteiger partial charge on any atom is -0.391 e. The fraction of sp³-hybridized carbons (Fsp3) is 0.333. The number of nitrogens with zero attached hydrogens (tertiary/aromatic N) is 3. The standard InChI is InChI=1S/C21H23Cl2N3O4S/c1-3-4-17(27)12-26(31(29)30)21(28)14-6-8-19-20(9-14)25(13(2)24-19)11-15-5-7-16(22)10-18(15)23/h5-10,17,27H,3-4,11-12H2,1-2H3,(H,29,30). The first-order valence-corrected chi connectivity index (χ1v) is 11.5. The van der Waals surface area contributed by atoms with E-state index >= 15 is 0 Å². The fourth-order valence-corrected chi connectivity index (χ4v) is 4.39. The number of rotatable bonds is 8. The Morgan fingerprint density at radius 3 is 2.65 bits per heavy atom. The van der Waals surface area contributed by atoms with Gasteiger partial charge in [0.2, 0.25) is 0 Å². The molecule has 10 heteroatoms. The van der Waals surface area contributed by atoms with Crippen LogP contribution in [0, 0.1) is 6.92 Å². The lowest BCUT2D eigenvalue weighted by molar-refractivity contribution is 0.0767. The van der Waals surface area contributed by atoms with E-state index in [1.807, 2.05) is 24.5 Å². The Hall–Kier alpha value is -1.97. The molecule has 0 radical (unpaired) electrons. The third-order valence-corrected chi connectivity index (χ3v) is 6.22. The van der Waals surface area contributed by atoms with Crippen LogP contribution in [0.2, 0.25) is 10.0 Å². The van der Waals surface area contributed by atoms with Crippen LogP contribution in [0.3, 0.4) is 0 Å². The van der Waals surface area contributed by atoms with E-state index in [0.717, 1.165) is 15.7 Å². The Balaban J connectivity index is 1.96. The number of halogens is 2. The average molecular weight is 484 g/mol. The second-order valence-corrected chi connectivity index (χ2v) is 8.97. The molecule has 2 unspecified atom stereocenters. The van der Waals surface area contributed by atoms with E-state index in [1.165, 1.54) is 0 Å². The highest BCUT2D eigenvalue weighted by Gasteiger charge is 2.24. The summed E-state index contributed by atoms with van der Waals surface area (Å²) in [6.45, 7) is 3.92. The van der Waals surface area contributed by atoms with Crippen LogP contribution in [0.25, 0.3) is 11.0 Å². The minimum absolute atomic E-state index is 0.224. The van der Waals surface area contributed by atoms with Crippen molar-refractivity contribution in [1.82, 2.24) is 13.9 Å². The van der Waals surface area contributed by atoms with Crippen LogP contribution in [-0.4, -0.2) is 46.3 Å². The number of aliphatic hydroxyl groups excluding tert-OH is 1. The number of aromatic nitrogens is 2. The Morgan fingerprint density at radius 1 is 1.26 bits per heavy atom. The van der Waals surface area contributed by atoms with E-state index in [0.29, 0.717) is 40.5 Å². The van der Waals surface area contributed by atoms with Gasteiger partial charge in [0.15, 0.2) is 0 Å². The summed E-state index contributed by atoms with van der Waals surface area (Å²) >= 11 is 9.74. The number of amides is 1. The number of carbonyl (C=O) groups is 1. The Labute approximate surface area is 193 Å². The largest absolute Gasteiger partial charge is 0.391 e. The van der Waals surface area contributed by atoms with Gasteiger partial charge in [-0.25, -0.2) is 13.5 Å². The van der Waals surface area contributed by atoms with E-state index in [4.69, 9.17) is 23.2 Å². The van der Waals surface area contributed by atoms with E-state index < -0.39 is 23.3 Å². The van der Waals surface area contributed by atoms with Gasteiger partial charge in [-0.15, -0.1) is 0 Å². The van der Waals surface area contributed by atoms with Crippen molar-refractivity contribution < 1.29 is 18.7 Å². The van der Waals surface area contributed by atoms with Gasteiger partial charge in [-0.3, -0.25) is 9.35 Å². The van der Waals surface area contributed by atoms with Crippen molar-refractivity contribution in [3.63, 3.8) is 0 Å². The maximum atomic E-state index is 12.9. The number of fused-ring (bicyclic) bond motifs is 1. The smallest absolute Gasteiger partial charge is 0.267 e. The Morgan fingerprint density at radius 2 is 2.00 bits per heavy atom. The molecule has 31 heavy (non-hydrogen) atoms. The SMILES string of the molecule is CCCC(O)CN(C(=O)c1ccc2nc(C)n(Cc3ccc(Cl)cc3Cl)c2c1)S(=O)O. The molecular weight excluding hydrogens is 461 g/mol. The third kappa shape index (κ3) is 5.45. The summed E-state index contributed by atoms with van der Waals surface area (Å²) in [6.07, 6.45) is 0.237. The molecule has 0 aliphatic rings. The van der Waals surface area contributed by atoms with Crippen molar-refractivity contribution in [2.45, 2.75) is 39.3 Å². The zero-order chi connectivity index (χ0) is 22.7. The molecule has 0 saturated carbocycles. The van der Waals surface area contributed by atoms with Crippen LogP contribution in [0.5, 0.6) is 0 Å². The molecule has 0 fully saturated rings. The minimum atomic E-state index is -2.56. The van der Waals surface area contributed by atoms with Gasteiger partial charge >= 0.3 is 0 Å². The number of aryl methyl sites for hydroxylation is 1. The van der Waals surface area contributed by atoms with Crippen LogP contribution in [0.4, 0.5) is 0 Å². The van der Waals surface area contributed by atoms with Gasteiger partial charge in [-0.05, 0) is 49.2 Å². The number of benzene rings is 2. The Bertz CT molecular complexity index is 1140. The van der Waals surface area contributed by atoms with Crippen LogP contribution >= 0.6 is 23.2 Å². The molecule has 166 valence electrons. The zero-order valence-electron chi connectivity index (χ0n) is 17.1. The lowest BCUT2D eigenvalue weighted by atomic mass is 10.1. The highest BCUT2D eigenvalue weighted by Crippen LogP contribution is 2.25. The van der Waals surface area contributed by atoms with Crippen LogP contribution in [-0.2, 0) is 17.8 Å². The second kappa shape index (κ2) is 10.1. The normalized spacial score (nSPS) is 13.4. The first-order valence-electron chi connectivity index (χ1n) is 9.73. The molecule has 1 heterocycles. The monoisotopic (exact) mass is 483 g/mol. The van der Waals surface area contributed by atoms with Crippen LogP contribution in [0.1, 0.15) is 41.5 Å². The molecule has 2 aromatic carbocycles. The molecule has 2 atom stereocenters. The van der Waals surface area contributed by atoms with E-state index in [-0.39, 0.29) is 12.1 Å². The highest BCUT2D eigenvalue weighted by atomic mass is 35.5. The first-order chi connectivity index (χ1) is 14.7. The van der Waals surface area contributed by atoms with Crippen LogP contribution in [0.15, 0.2) is 36.4 Å². The predicted molar refractivity (Wildman–Crippen MR) is 123 cm³/mol. The number of imidazole rings is 1. The van der Waals surface area contributed by atoms with E-state index in [1.54, 1.807) is 30.3 Å². The maximum absolute atomic E-state index is 12.9. The van der Waals surface area contributed by atoms with Crippen molar-refractivity contribution in [2.75, 3.05) is 6.54 Å². The molecule has 0 aliphatic heterocycles. The predicted octanol–water partition coefficient (Wildman–Crippen LogP) is 4.44. The summed E-state index contributed by atoms with van der Waals surface area (Å²) in [5.41, 5.74) is 2.43. The van der Waals surface area contributed by atoms with E-state index in [9.17, 15) is 18.7 Å². The van der Waals surface area contributed by atoms with Crippen molar-refractivity contribution in [2.24, 2.45) is 0 Å². The van der Waals surface area contributed by atoms with Crippen LogP contribution < -0.4 is 0 Å². The third-order valence-electron chi connectivity index (χ3n) is 4.94. The van der Waals surface area contributed by atoms with Gasteiger partial charge in [0, 0.05) is 15.6 Å². The molecule has 7 nitrogen and oxygen atoms in total. The van der Waals surface area contributed by atoms with Gasteiger partial charge in [0.25, 0.3) is 17.2 Å². The summed E-state index contributed by atoms with van der Waals surface area (Å²) in [5.74, 6) is 0.0828. The second-order valence-electron chi connectivity index (χ2n) is 7.22. The Kier molecular flexibility index (Phi) is 7.72. The van der Waals surface area contributed by atoms with Crippen molar-refractivity contribution >= 4 is 51.4 Å². The number of aliphatic hydroxyl groups is 1. The number of hydrogen-bond acceptors (Lipinski definition) is 4. The summed E-state index contributed by atoms with van der Waals surface area (Å²) in [6, 6.07) is 10.1. The van der Waals surface area contributed by atoms with Gasteiger partial charge in [-0.2, -0.15) is 0 Å². The first kappa shape index (κ1) is 23.7. The molecule has 1 aromatic heterocycles. The lowest BCUT2D eigenvalue weighted by Crippen LogP contribution is -2.38. The van der Waals surface area contributed by atoms with Crippen molar-refractivity contribution in [3.8, 4) is 0 Å². The number of carbonyl (C=O) groups excluding carboxylic acids is 1. The van der Waals surface area contributed by atoms with Crippen molar-refractivity contribution in [3.05, 3.63) is 63.4 Å². The fourth-order valence-electron chi connectivity index (χ4n) is 3.37. The van der Waals surface area contributed by atoms with Crippen molar-refractivity contribution in [1.29, 1.82) is 0 Å². The van der Waals surface area contributed by atoms with Gasteiger partial charge in [0.05, 0.1) is 30.2 Å². The zero-order valence-corrected chi connectivity index (χ0v) is 19.4. The summed E-state index contributed by atoms with van der Waals surface area (Å²) in [4.78, 5) is 17.5. The molecule has 0 bridgehead atoms. The molecule has 3 aromatic rings. The quantitative estimate of drug-likeness (QED) is 0.461. The summed E-state index contributed by atoms with van der Waals surface area (Å²) in [7, 11) is 0. The molecule has 3 rings (SSSR count). The van der Waals surface area contributed by atoms with Gasteiger partial charge < -0.3 is 9.67 Å². The summed E-state index contributed by atoms with van der Waals surface area (Å²) in [5, 5.41) is 11.1. The molecular formula is C21H23Cl2N3O4S.